The summed E-state index contributed by atoms with van der Waals surface area (Å²) in [5, 5.41) is 0. The molecule has 0 unspecified atom stereocenters. The molecule has 17 heavy (non-hydrogen) atoms. The average molecular weight is 234 g/mol. The number of rotatable bonds is 2. The molecule has 0 bridgehead atoms. The van der Waals surface area contributed by atoms with Gasteiger partial charge in [0.1, 0.15) is 17.3 Å². The van der Waals surface area contributed by atoms with Crippen molar-refractivity contribution in [1.29, 1.82) is 0 Å². The van der Waals surface area contributed by atoms with E-state index < -0.39 is 17.4 Å². The highest BCUT2D eigenvalue weighted by atomic mass is 19.1. The molecular weight excluding hydrogens is 226 g/mol. The van der Waals surface area contributed by atoms with Gasteiger partial charge in [0.25, 0.3) is 0 Å². The van der Waals surface area contributed by atoms with Gasteiger partial charge in [-0.2, -0.15) is 0 Å². The number of hydrogen-bond acceptors (Lipinski definition) is 3. The number of nitrogens with two attached hydrogens (primary N) is 1. The quantitative estimate of drug-likeness (QED) is 0.810. The van der Waals surface area contributed by atoms with Crippen molar-refractivity contribution in [1.82, 2.24) is 4.98 Å². The number of carbonyl (C=O) groups is 1. The number of nitrogen functional groups attached to an aromatic ring is 1. The number of hydrogen-bond donors (Lipinski definition) is 1. The van der Waals surface area contributed by atoms with E-state index in [-0.39, 0.29) is 11.3 Å². The van der Waals surface area contributed by atoms with Gasteiger partial charge in [-0.15, -0.1) is 0 Å². The summed E-state index contributed by atoms with van der Waals surface area (Å²) >= 11 is 0. The molecule has 2 rings (SSSR count). The van der Waals surface area contributed by atoms with Crippen LogP contribution in [0.4, 0.5) is 14.5 Å². The van der Waals surface area contributed by atoms with E-state index in [0.717, 1.165) is 12.1 Å². The Morgan fingerprint density at radius 1 is 1.18 bits per heavy atom. The molecule has 0 aliphatic rings. The molecule has 2 aromatic rings. The molecule has 1 aromatic carbocycles. The van der Waals surface area contributed by atoms with Gasteiger partial charge in [-0.25, -0.2) is 8.78 Å². The molecule has 86 valence electrons. The molecule has 0 aliphatic heterocycles. The van der Waals surface area contributed by atoms with Crippen LogP contribution in [-0.2, 0) is 0 Å². The normalized spacial score (nSPS) is 10.2. The fourth-order valence-electron chi connectivity index (χ4n) is 1.35. The lowest BCUT2D eigenvalue weighted by Crippen LogP contribution is -2.07. The van der Waals surface area contributed by atoms with Crippen LogP contribution in [0.1, 0.15) is 16.1 Å². The summed E-state index contributed by atoms with van der Waals surface area (Å²) in [6.45, 7) is 0. The number of ketones is 1. The van der Waals surface area contributed by atoms with Gasteiger partial charge in [0, 0.05) is 6.07 Å². The van der Waals surface area contributed by atoms with Crippen LogP contribution in [0.25, 0.3) is 0 Å². The lowest BCUT2D eigenvalue weighted by atomic mass is 10.1. The number of pyridine rings is 1. The SMILES string of the molecule is Nc1ccc(C(=O)c2ccc(F)cc2F)nc1. The Bertz CT molecular complexity index is 567. The molecule has 0 saturated heterocycles. The number of benzene rings is 1. The Morgan fingerprint density at radius 3 is 2.53 bits per heavy atom. The van der Waals surface area contributed by atoms with E-state index in [1.807, 2.05) is 0 Å². The van der Waals surface area contributed by atoms with Gasteiger partial charge in [-0.3, -0.25) is 9.78 Å². The second-order valence-corrected chi connectivity index (χ2v) is 3.43. The minimum atomic E-state index is -0.909. The predicted octanol–water partition coefficient (Wildman–Crippen LogP) is 2.17. The molecule has 0 fully saturated rings. The fourth-order valence-corrected chi connectivity index (χ4v) is 1.35. The third-order valence-electron chi connectivity index (χ3n) is 2.19. The van der Waals surface area contributed by atoms with Gasteiger partial charge in [0.15, 0.2) is 0 Å². The molecule has 0 amide bonds. The van der Waals surface area contributed by atoms with Crippen molar-refractivity contribution in [3.8, 4) is 0 Å². The molecule has 1 heterocycles. The topological polar surface area (TPSA) is 56.0 Å². The van der Waals surface area contributed by atoms with E-state index in [1.54, 1.807) is 0 Å². The van der Waals surface area contributed by atoms with Crippen molar-refractivity contribution in [3.05, 3.63) is 59.4 Å². The predicted molar refractivity (Wildman–Crippen MR) is 58.4 cm³/mol. The molecule has 2 N–H and O–H groups in total. The van der Waals surface area contributed by atoms with Gasteiger partial charge in [0.05, 0.1) is 17.4 Å². The monoisotopic (exact) mass is 234 g/mol. The van der Waals surface area contributed by atoms with Gasteiger partial charge < -0.3 is 5.73 Å². The highest BCUT2D eigenvalue weighted by molar-refractivity contribution is 6.07. The van der Waals surface area contributed by atoms with Crippen molar-refractivity contribution >= 4 is 11.5 Å². The minimum Gasteiger partial charge on any atom is -0.397 e. The maximum absolute atomic E-state index is 13.4. The van der Waals surface area contributed by atoms with Crippen LogP contribution in [0.2, 0.25) is 0 Å². The summed E-state index contributed by atoms with van der Waals surface area (Å²) in [6, 6.07) is 5.64. The summed E-state index contributed by atoms with van der Waals surface area (Å²) in [7, 11) is 0. The first-order valence-corrected chi connectivity index (χ1v) is 4.79. The zero-order valence-corrected chi connectivity index (χ0v) is 8.65. The van der Waals surface area contributed by atoms with Gasteiger partial charge in [-0.05, 0) is 24.3 Å². The van der Waals surface area contributed by atoms with E-state index in [4.69, 9.17) is 5.73 Å². The van der Waals surface area contributed by atoms with Crippen molar-refractivity contribution in [3.63, 3.8) is 0 Å². The van der Waals surface area contributed by atoms with Crippen LogP contribution in [0.3, 0.4) is 0 Å². The Morgan fingerprint density at radius 2 is 1.94 bits per heavy atom. The van der Waals surface area contributed by atoms with Crippen LogP contribution in [0.5, 0.6) is 0 Å². The minimum absolute atomic E-state index is 0.0599. The molecule has 0 aliphatic carbocycles. The van der Waals surface area contributed by atoms with E-state index in [9.17, 15) is 13.6 Å². The number of aromatic nitrogens is 1. The van der Waals surface area contributed by atoms with Crippen LogP contribution in [0, 0.1) is 11.6 Å². The van der Waals surface area contributed by atoms with Gasteiger partial charge >= 0.3 is 0 Å². The Kier molecular flexibility index (Phi) is 2.82. The Labute approximate surface area is 95.9 Å². The lowest BCUT2D eigenvalue weighted by molar-refractivity contribution is 0.103. The van der Waals surface area contributed by atoms with Crippen molar-refractivity contribution in [2.24, 2.45) is 0 Å². The molecule has 0 spiro atoms. The summed E-state index contributed by atoms with van der Waals surface area (Å²) in [5.74, 6) is -2.25. The third-order valence-corrected chi connectivity index (χ3v) is 2.19. The molecule has 0 radical (unpaired) electrons. The maximum atomic E-state index is 13.4. The first-order chi connectivity index (χ1) is 8.08. The number of halogens is 2. The van der Waals surface area contributed by atoms with E-state index in [0.29, 0.717) is 11.8 Å². The molecule has 0 saturated carbocycles. The summed E-state index contributed by atoms with van der Waals surface area (Å²) in [4.78, 5) is 15.6. The van der Waals surface area contributed by atoms with Crippen molar-refractivity contribution in [2.75, 3.05) is 5.73 Å². The Balaban J connectivity index is 2.40. The maximum Gasteiger partial charge on any atom is 0.214 e. The van der Waals surface area contributed by atoms with Crippen LogP contribution in [-0.4, -0.2) is 10.8 Å². The third kappa shape index (κ3) is 2.28. The van der Waals surface area contributed by atoms with Crippen LogP contribution >= 0.6 is 0 Å². The summed E-state index contributed by atoms with van der Waals surface area (Å²) in [5.41, 5.74) is 5.66. The lowest BCUT2D eigenvalue weighted by Gasteiger charge is -2.02. The van der Waals surface area contributed by atoms with Crippen LogP contribution in [0.15, 0.2) is 36.5 Å². The first-order valence-electron chi connectivity index (χ1n) is 4.79. The molecule has 1 aromatic heterocycles. The largest absolute Gasteiger partial charge is 0.397 e. The summed E-state index contributed by atoms with van der Waals surface area (Å²) in [6.07, 6.45) is 1.30. The average Bonchev–Trinajstić information content (AvgIpc) is 2.29. The van der Waals surface area contributed by atoms with Crippen LogP contribution < -0.4 is 5.73 Å². The molecule has 3 nitrogen and oxygen atoms in total. The Hall–Kier alpha value is -2.30. The number of nitrogens with zero attached hydrogens (tertiary/aromatic N) is 1. The van der Waals surface area contributed by atoms with Crippen molar-refractivity contribution in [2.45, 2.75) is 0 Å². The highest BCUT2D eigenvalue weighted by Crippen LogP contribution is 2.14. The smallest absolute Gasteiger partial charge is 0.214 e. The molecule has 5 heteroatoms. The van der Waals surface area contributed by atoms with E-state index in [2.05, 4.69) is 4.98 Å². The standard InChI is InChI=1S/C12H8F2N2O/c13-7-1-3-9(10(14)5-7)12(17)11-4-2-8(15)6-16-11/h1-6H,15H2. The highest BCUT2D eigenvalue weighted by Gasteiger charge is 2.15. The zero-order chi connectivity index (χ0) is 12.4. The van der Waals surface area contributed by atoms with Gasteiger partial charge in [-0.1, -0.05) is 0 Å². The molecule has 0 atom stereocenters. The van der Waals surface area contributed by atoms with Crippen molar-refractivity contribution < 1.29 is 13.6 Å². The number of carbonyl (C=O) groups excluding carboxylic acids is 1. The second kappa shape index (κ2) is 4.29. The van der Waals surface area contributed by atoms with Gasteiger partial charge in [0.2, 0.25) is 5.78 Å². The number of anilines is 1. The first kappa shape index (κ1) is 11.2. The second-order valence-electron chi connectivity index (χ2n) is 3.43. The van der Waals surface area contributed by atoms with E-state index in [1.165, 1.54) is 18.3 Å². The molecular formula is C12H8F2N2O. The zero-order valence-electron chi connectivity index (χ0n) is 8.65. The van der Waals surface area contributed by atoms with E-state index >= 15 is 0 Å². The summed E-state index contributed by atoms with van der Waals surface area (Å²) < 4.78 is 26.0. The fraction of sp³-hybridized carbons (Fsp3) is 0.